The fourth-order valence-electron chi connectivity index (χ4n) is 4.82. The second-order valence-corrected chi connectivity index (χ2v) is 9.10. The summed E-state index contributed by atoms with van der Waals surface area (Å²) in [6.45, 7) is 6.36. The van der Waals surface area contributed by atoms with E-state index >= 15 is 0 Å². The number of aryl methyl sites for hydroxylation is 1. The lowest BCUT2D eigenvalue weighted by Crippen LogP contribution is -2.51. The first-order chi connectivity index (χ1) is 17.1. The number of nitrogens with zero attached hydrogens (tertiary/aromatic N) is 5. The molecule has 0 aliphatic carbocycles. The number of anilines is 2. The molecule has 0 bridgehead atoms. The number of ether oxygens (including phenoxy) is 1. The molecule has 0 unspecified atom stereocenters. The topological polar surface area (TPSA) is 61.8 Å². The number of piperazine rings is 1. The Hall–Kier alpha value is -3.68. The van der Waals surface area contributed by atoms with Gasteiger partial charge >= 0.3 is 0 Å². The fourth-order valence-corrected chi connectivity index (χ4v) is 4.82. The highest BCUT2D eigenvalue weighted by Crippen LogP contribution is 2.32. The molecule has 5 rings (SSSR count). The van der Waals surface area contributed by atoms with Crippen LogP contribution in [0.2, 0.25) is 0 Å². The molecule has 3 heterocycles. The zero-order valence-corrected chi connectivity index (χ0v) is 19.9. The van der Waals surface area contributed by atoms with Crippen molar-refractivity contribution in [3.63, 3.8) is 0 Å². The van der Waals surface area contributed by atoms with Crippen molar-refractivity contribution < 1.29 is 13.9 Å². The van der Waals surface area contributed by atoms with Crippen molar-refractivity contribution in [1.29, 1.82) is 0 Å². The summed E-state index contributed by atoms with van der Waals surface area (Å²) in [7, 11) is 0. The standard InChI is InChI=1S/C27H30FN5O2/c1-20-4-2-3-5-24(20)35-26-25(29-12-13-30-26)32-14-10-21(11-15-32)27(34)33-18-16-31(17-19-33)23-8-6-22(28)7-9-23/h2-9,12-13,21H,10-11,14-19H2,1H3. The first-order valence-corrected chi connectivity index (χ1v) is 12.2. The maximum absolute atomic E-state index is 13.2. The molecule has 0 radical (unpaired) electrons. The molecule has 1 amide bonds. The molecule has 35 heavy (non-hydrogen) atoms. The van der Waals surface area contributed by atoms with Crippen LogP contribution in [0.25, 0.3) is 0 Å². The van der Waals surface area contributed by atoms with Crippen LogP contribution in [0.5, 0.6) is 11.6 Å². The molecule has 182 valence electrons. The van der Waals surface area contributed by atoms with E-state index < -0.39 is 0 Å². The summed E-state index contributed by atoms with van der Waals surface area (Å²) in [6, 6.07) is 14.4. The van der Waals surface area contributed by atoms with E-state index in [0.29, 0.717) is 19.0 Å². The van der Waals surface area contributed by atoms with Crippen LogP contribution in [0.4, 0.5) is 15.9 Å². The zero-order chi connectivity index (χ0) is 24.2. The molecule has 0 N–H and O–H groups in total. The number of benzene rings is 2. The number of hydrogen-bond acceptors (Lipinski definition) is 6. The quantitative estimate of drug-likeness (QED) is 0.549. The molecule has 2 saturated heterocycles. The lowest BCUT2D eigenvalue weighted by molar-refractivity contribution is -0.136. The molecule has 0 atom stereocenters. The van der Waals surface area contributed by atoms with Crippen LogP contribution in [0.15, 0.2) is 60.9 Å². The number of carbonyl (C=O) groups is 1. The Morgan fingerprint density at radius 2 is 1.57 bits per heavy atom. The first-order valence-electron chi connectivity index (χ1n) is 12.2. The Labute approximate surface area is 205 Å². The van der Waals surface area contributed by atoms with Crippen molar-refractivity contribution in [3.05, 3.63) is 72.3 Å². The van der Waals surface area contributed by atoms with E-state index in [1.54, 1.807) is 24.5 Å². The third-order valence-corrected chi connectivity index (χ3v) is 6.87. The van der Waals surface area contributed by atoms with Gasteiger partial charge in [0, 0.05) is 63.3 Å². The van der Waals surface area contributed by atoms with Gasteiger partial charge in [-0.3, -0.25) is 4.79 Å². The number of amides is 1. The molecule has 7 nitrogen and oxygen atoms in total. The van der Waals surface area contributed by atoms with Crippen LogP contribution in [-0.4, -0.2) is 60.0 Å². The van der Waals surface area contributed by atoms with E-state index in [-0.39, 0.29) is 17.6 Å². The van der Waals surface area contributed by atoms with E-state index in [2.05, 4.69) is 19.8 Å². The van der Waals surface area contributed by atoms with Gasteiger partial charge in [-0.05, 0) is 55.7 Å². The van der Waals surface area contributed by atoms with Gasteiger partial charge in [0.15, 0.2) is 5.82 Å². The molecule has 1 aromatic heterocycles. The SMILES string of the molecule is Cc1ccccc1Oc1nccnc1N1CCC(C(=O)N2CCN(c3ccc(F)cc3)CC2)CC1. The highest BCUT2D eigenvalue weighted by Gasteiger charge is 2.32. The summed E-state index contributed by atoms with van der Waals surface area (Å²) in [4.78, 5) is 28.5. The van der Waals surface area contributed by atoms with Crippen LogP contribution in [0.3, 0.4) is 0 Å². The van der Waals surface area contributed by atoms with Crippen molar-refractivity contribution in [1.82, 2.24) is 14.9 Å². The average Bonchev–Trinajstić information content (AvgIpc) is 2.91. The fraction of sp³-hybridized carbons (Fsp3) is 0.370. The molecule has 2 aliphatic heterocycles. The van der Waals surface area contributed by atoms with Crippen LogP contribution in [0, 0.1) is 18.7 Å². The molecule has 0 spiro atoms. The summed E-state index contributed by atoms with van der Waals surface area (Å²) in [5.74, 6) is 1.99. The average molecular weight is 476 g/mol. The smallest absolute Gasteiger partial charge is 0.263 e. The van der Waals surface area contributed by atoms with Gasteiger partial charge in [0.05, 0.1) is 0 Å². The summed E-state index contributed by atoms with van der Waals surface area (Å²) in [5, 5.41) is 0. The third kappa shape index (κ3) is 5.21. The second kappa shape index (κ2) is 10.3. The molecule has 2 aliphatic rings. The molecular formula is C27H30FN5O2. The Morgan fingerprint density at radius 3 is 2.29 bits per heavy atom. The Bertz CT molecular complexity index is 1160. The number of para-hydroxylation sites is 1. The first kappa shape index (κ1) is 23.1. The maximum Gasteiger partial charge on any atom is 0.263 e. The minimum atomic E-state index is -0.232. The lowest BCUT2D eigenvalue weighted by atomic mass is 9.95. The molecular weight excluding hydrogens is 445 g/mol. The normalized spacial score (nSPS) is 16.9. The van der Waals surface area contributed by atoms with Gasteiger partial charge in [-0.2, -0.15) is 0 Å². The molecule has 3 aromatic rings. The molecule has 0 saturated carbocycles. The number of halogens is 1. The van der Waals surface area contributed by atoms with Crippen molar-refractivity contribution in [2.24, 2.45) is 5.92 Å². The minimum Gasteiger partial charge on any atom is -0.436 e. The molecule has 8 heteroatoms. The Kier molecular flexibility index (Phi) is 6.79. The predicted molar refractivity (Wildman–Crippen MR) is 133 cm³/mol. The zero-order valence-electron chi connectivity index (χ0n) is 19.9. The number of hydrogen-bond donors (Lipinski definition) is 0. The Balaban J connectivity index is 1.16. The highest BCUT2D eigenvalue weighted by molar-refractivity contribution is 5.79. The van der Waals surface area contributed by atoms with Crippen LogP contribution in [-0.2, 0) is 4.79 Å². The van der Waals surface area contributed by atoms with Gasteiger partial charge in [-0.15, -0.1) is 0 Å². The van der Waals surface area contributed by atoms with Crippen LogP contribution in [0.1, 0.15) is 18.4 Å². The Morgan fingerprint density at radius 1 is 0.886 bits per heavy atom. The molecule has 2 fully saturated rings. The maximum atomic E-state index is 13.2. The van der Waals surface area contributed by atoms with Gasteiger partial charge < -0.3 is 19.4 Å². The summed E-state index contributed by atoms with van der Waals surface area (Å²) >= 11 is 0. The van der Waals surface area contributed by atoms with E-state index in [1.807, 2.05) is 36.1 Å². The van der Waals surface area contributed by atoms with Gasteiger partial charge in [-0.25, -0.2) is 14.4 Å². The van der Waals surface area contributed by atoms with Gasteiger partial charge in [-0.1, -0.05) is 18.2 Å². The number of aromatic nitrogens is 2. The van der Waals surface area contributed by atoms with Gasteiger partial charge in [0.2, 0.25) is 5.91 Å². The predicted octanol–water partition coefficient (Wildman–Crippen LogP) is 4.28. The highest BCUT2D eigenvalue weighted by atomic mass is 19.1. The van der Waals surface area contributed by atoms with Gasteiger partial charge in [0.1, 0.15) is 11.6 Å². The number of rotatable bonds is 5. The second-order valence-electron chi connectivity index (χ2n) is 9.10. The van der Waals surface area contributed by atoms with E-state index in [1.165, 1.54) is 12.1 Å². The van der Waals surface area contributed by atoms with Gasteiger partial charge in [0.25, 0.3) is 5.88 Å². The van der Waals surface area contributed by atoms with Crippen molar-refractivity contribution in [2.75, 3.05) is 49.1 Å². The number of piperidine rings is 1. The van der Waals surface area contributed by atoms with E-state index in [9.17, 15) is 9.18 Å². The van der Waals surface area contributed by atoms with Crippen molar-refractivity contribution >= 4 is 17.4 Å². The minimum absolute atomic E-state index is 0.0148. The van der Waals surface area contributed by atoms with Crippen molar-refractivity contribution in [3.8, 4) is 11.6 Å². The monoisotopic (exact) mass is 475 g/mol. The lowest BCUT2D eigenvalue weighted by Gasteiger charge is -2.39. The summed E-state index contributed by atoms with van der Waals surface area (Å²) in [6.07, 6.45) is 4.87. The third-order valence-electron chi connectivity index (χ3n) is 6.87. The number of carbonyl (C=O) groups excluding carboxylic acids is 1. The van der Waals surface area contributed by atoms with E-state index in [0.717, 1.165) is 61.8 Å². The van der Waals surface area contributed by atoms with Crippen LogP contribution < -0.4 is 14.5 Å². The summed E-state index contributed by atoms with van der Waals surface area (Å²) < 4.78 is 19.3. The van der Waals surface area contributed by atoms with Crippen LogP contribution >= 0.6 is 0 Å². The van der Waals surface area contributed by atoms with E-state index in [4.69, 9.17) is 4.74 Å². The summed E-state index contributed by atoms with van der Waals surface area (Å²) in [5.41, 5.74) is 2.03. The van der Waals surface area contributed by atoms with Crippen molar-refractivity contribution in [2.45, 2.75) is 19.8 Å². The largest absolute Gasteiger partial charge is 0.436 e. The molecule has 2 aromatic carbocycles.